The van der Waals surface area contributed by atoms with Gasteiger partial charge in [0, 0.05) is 0 Å². The van der Waals surface area contributed by atoms with Gasteiger partial charge >= 0.3 is 0 Å². The zero-order chi connectivity index (χ0) is 18.5. The quantitative estimate of drug-likeness (QED) is 0.677. The normalized spacial score (nSPS) is 12.0. The number of benzene rings is 2. The number of hydrogen-bond donors (Lipinski definition) is 1. The highest BCUT2D eigenvalue weighted by Gasteiger charge is 2.14. The molecule has 1 aromatic heterocycles. The number of para-hydroxylation sites is 1. The highest BCUT2D eigenvalue weighted by Crippen LogP contribution is 2.19. The topological polar surface area (TPSA) is 72.7 Å². The van der Waals surface area contributed by atoms with Crippen molar-refractivity contribution in [2.45, 2.75) is 32.0 Å². The van der Waals surface area contributed by atoms with E-state index in [1.54, 1.807) is 4.68 Å². The maximum absolute atomic E-state index is 12.3. The fourth-order valence-corrected chi connectivity index (χ4v) is 3.23. The summed E-state index contributed by atoms with van der Waals surface area (Å²) < 4.78 is 1.63. The number of carbonyl (C=O) groups excluding carboxylic acids is 1. The van der Waals surface area contributed by atoms with E-state index in [0.29, 0.717) is 5.16 Å². The minimum absolute atomic E-state index is 0.0486. The van der Waals surface area contributed by atoms with Crippen molar-refractivity contribution in [3.63, 3.8) is 0 Å². The van der Waals surface area contributed by atoms with Crippen molar-refractivity contribution in [2.24, 2.45) is 0 Å². The first-order valence-corrected chi connectivity index (χ1v) is 9.36. The average Bonchev–Trinajstić information content (AvgIpc) is 3.11. The van der Waals surface area contributed by atoms with E-state index >= 15 is 0 Å². The SMILES string of the molecule is Cc1ccc([C@H](C)NC(=O)CSc2nnnn2-c2ccccc2)cc1C. The summed E-state index contributed by atoms with van der Waals surface area (Å²) in [4.78, 5) is 12.3. The lowest BCUT2D eigenvalue weighted by atomic mass is 10.0. The van der Waals surface area contributed by atoms with Crippen molar-refractivity contribution in [1.82, 2.24) is 25.5 Å². The second-order valence-electron chi connectivity index (χ2n) is 6.13. The Morgan fingerprint density at radius 3 is 2.65 bits per heavy atom. The van der Waals surface area contributed by atoms with E-state index in [9.17, 15) is 4.79 Å². The Morgan fingerprint density at radius 2 is 1.92 bits per heavy atom. The molecule has 134 valence electrons. The zero-order valence-corrected chi connectivity index (χ0v) is 15.8. The molecule has 1 heterocycles. The van der Waals surface area contributed by atoms with Gasteiger partial charge in [0.05, 0.1) is 17.5 Å². The highest BCUT2D eigenvalue weighted by atomic mass is 32.2. The molecule has 3 rings (SSSR count). The molecule has 6 nitrogen and oxygen atoms in total. The van der Waals surface area contributed by atoms with Crippen LogP contribution in [-0.2, 0) is 4.79 Å². The van der Waals surface area contributed by atoms with E-state index in [0.717, 1.165) is 11.3 Å². The van der Waals surface area contributed by atoms with Gasteiger partial charge in [0.2, 0.25) is 11.1 Å². The maximum Gasteiger partial charge on any atom is 0.230 e. The van der Waals surface area contributed by atoms with Gasteiger partial charge in [0.15, 0.2) is 0 Å². The number of hydrogen-bond acceptors (Lipinski definition) is 5. The fraction of sp³-hybridized carbons (Fsp3) is 0.263. The van der Waals surface area contributed by atoms with Crippen molar-refractivity contribution in [2.75, 3.05) is 5.75 Å². The van der Waals surface area contributed by atoms with Crippen LogP contribution >= 0.6 is 11.8 Å². The largest absolute Gasteiger partial charge is 0.349 e. The smallest absolute Gasteiger partial charge is 0.230 e. The van der Waals surface area contributed by atoms with E-state index in [4.69, 9.17) is 0 Å². The van der Waals surface area contributed by atoms with Gasteiger partial charge in [-0.3, -0.25) is 4.79 Å². The van der Waals surface area contributed by atoms with Crippen LogP contribution < -0.4 is 5.32 Å². The van der Waals surface area contributed by atoms with Crippen LogP contribution in [0.3, 0.4) is 0 Å². The average molecular weight is 367 g/mol. The molecule has 2 aromatic carbocycles. The standard InChI is InChI=1S/C19H21N5OS/c1-13-9-10-16(11-14(13)2)15(3)20-18(25)12-26-19-21-22-23-24(19)17-7-5-4-6-8-17/h4-11,15H,12H2,1-3H3,(H,20,25)/t15-/m0/s1. The number of rotatable bonds is 6. The Morgan fingerprint density at radius 1 is 1.15 bits per heavy atom. The van der Waals surface area contributed by atoms with Gasteiger partial charge in [-0.25, -0.2) is 0 Å². The summed E-state index contributed by atoms with van der Waals surface area (Å²) in [6.45, 7) is 6.14. The molecule has 7 heteroatoms. The molecule has 1 N–H and O–H groups in total. The van der Waals surface area contributed by atoms with E-state index in [1.165, 1.54) is 22.9 Å². The Hall–Kier alpha value is -2.67. The maximum atomic E-state index is 12.3. The minimum atomic E-state index is -0.0525. The van der Waals surface area contributed by atoms with Crippen LogP contribution in [0.4, 0.5) is 0 Å². The zero-order valence-electron chi connectivity index (χ0n) is 15.0. The van der Waals surface area contributed by atoms with Crippen LogP contribution in [0.25, 0.3) is 5.69 Å². The number of aromatic nitrogens is 4. The number of thioether (sulfide) groups is 1. The van der Waals surface area contributed by atoms with Gasteiger partial charge in [-0.05, 0) is 60.0 Å². The summed E-state index contributed by atoms with van der Waals surface area (Å²) in [6, 6.07) is 15.8. The predicted molar refractivity (Wildman–Crippen MR) is 102 cm³/mol. The molecular formula is C19H21N5OS. The number of nitrogens with one attached hydrogen (secondary N) is 1. The summed E-state index contributed by atoms with van der Waals surface area (Å²) in [5.74, 6) is 0.200. The van der Waals surface area contributed by atoms with Crippen LogP contribution in [0.15, 0.2) is 53.7 Å². The molecular weight excluding hydrogens is 346 g/mol. The molecule has 0 bridgehead atoms. The molecule has 0 saturated carbocycles. The van der Waals surface area contributed by atoms with Crippen LogP contribution in [-0.4, -0.2) is 31.9 Å². The van der Waals surface area contributed by atoms with Crippen molar-refractivity contribution in [3.05, 3.63) is 65.2 Å². The Kier molecular flexibility index (Phi) is 5.68. The van der Waals surface area contributed by atoms with Crippen LogP contribution in [0.2, 0.25) is 0 Å². The van der Waals surface area contributed by atoms with Gasteiger partial charge in [0.25, 0.3) is 0 Å². The summed E-state index contributed by atoms with van der Waals surface area (Å²) in [5.41, 5.74) is 4.43. The number of aryl methyl sites for hydroxylation is 2. The molecule has 0 fully saturated rings. The molecule has 0 aliphatic carbocycles. The van der Waals surface area contributed by atoms with E-state index < -0.39 is 0 Å². The van der Waals surface area contributed by atoms with E-state index in [1.807, 2.05) is 37.3 Å². The highest BCUT2D eigenvalue weighted by molar-refractivity contribution is 7.99. The van der Waals surface area contributed by atoms with Gasteiger partial charge in [-0.2, -0.15) is 4.68 Å². The number of amides is 1. The molecule has 26 heavy (non-hydrogen) atoms. The third-order valence-corrected chi connectivity index (χ3v) is 5.10. The Labute approximate surface area is 157 Å². The van der Waals surface area contributed by atoms with Gasteiger partial charge < -0.3 is 5.32 Å². The molecule has 1 atom stereocenters. The first-order chi connectivity index (χ1) is 12.5. The monoisotopic (exact) mass is 367 g/mol. The molecule has 3 aromatic rings. The Balaban J connectivity index is 1.60. The van der Waals surface area contributed by atoms with E-state index in [2.05, 4.69) is 52.9 Å². The van der Waals surface area contributed by atoms with Crippen LogP contribution in [0.1, 0.15) is 29.7 Å². The second-order valence-corrected chi connectivity index (χ2v) is 7.07. The third-order valence-electron chi connectivity index (χ3n) is 4.18. The summed E-state index contributed by atoms with van der Waals surface area (Å²) in [6.07, 6.45) is 0. The lowest BCUT2D eigenvalue weighted by Gasteiger charge is -2.15. The first-order valence-electron chi connectivity index (χ1n) is 8.37. The minimum Gasteiger partial charge on any atom is -0.349 e. The van der Waals surface area contributed by atoms with Crippen molar-refractivity contribution < 1.29 is 4.79 Å². The number of tetrazole rings is 1. The van der Waals surface area contributed by atoms with Gasteiger partial charge in [-0.1, -0.05) is 48.2 Å². The molecule has 0 aliphatic rings. The first kappa shape index (κ1) is 18.1. The number of nitrogens with zero attached hydrogens (tertiary/aromatic N) is 4. The van der Waals surface area contributed by atoms with Gasteiger partial charge in [-0.15, -0.1) is 5.10 Å². The Bertz CT molecular complexity index is 894. The second kappa shape index (κ2) is 8.14. The molecule has 0 radical (unpaired) electrons. The summed E-state index contributed by atoms with van der Waals surface area (Å²) in [5, 5.41) is 15.3. The third kappa shape index (κ3) is 4.29. The predicted octanol–water partition coefficient (Wildman–Crippen LogP) is 3.25. The van der Waals surface area contributed by atoms with Crippen LogP contribution in [0, 0.1) is 13.8 Å². The summed E-state index contributed by atoms with van der Waals surface area (Å²) >= 11 is 1.31. The fourth-order valence-electron chi connectivity index (χ4n) is 2.53. The van der Waals surface area contributed by atoms with Crippen molar-refractivity contribution >= 4 is 17.7 Å². The van der Waals surface area contributed by atoms with Crippen molar-refractivity contribution in [3.8, 4) is 5.69 Å². The molecule has 1 amide bonds. The molecule has 0 aliphatic heterocycles. The number of carbonyl (C=O) groups is 1. The van der Waals surface area contributed by atoms with Crippen molar-refractivity contribution in [1.29, 1.82) is 0 Å². The van der Waals surface area contributed by atoms with Crippen LogP contribution in [0.5, 0.6) is 0 Å². The summed E-state index contributed by atoms with van der Waals surface area (Å²) in [7, 11) is 0. The molecule has 0 unspecified atom stereocenters. The van der Waals surface area contributed by atoms with E-state index in [-0.39, 0.29) is 17.7 Å². The van der Waals surface area contributed by atoms with Gasteiger partial charge in [0.1, 0.15) is 0 Å². The molecule has 0 saturated heterocycles. The lowest BCUT2D eigenvalue weighted by molar-refractivity contribution is -0.119. The lowest BCUT2D eigenvalue weighted by Crippen LogP contribution is -2.28. The molecule has 0 spiro atoms.